The first-order valence-corrected chi connectivity index (χ1v) is 8.13. The first kappa shape index (κ1) is 13.1. The smallest absolute Gasteiger partial charge is 0.196 e. The van der Waals surface area contributed by atoms with E-state index in [0.717, 1.165) is 15.9 Å². The van der Waals surface area contributed by atoms with E-state index in [4.69, 9.17) is 5.73 Å². The monoisotopic (exact) mass is 304 g/mol. The summed E-state index contributed by atoms with van der Waals surface area (Å²) < 4.78 is 15.8. The molecule has 2 N–H and O–H groups in total. The topological polar surface area (TPSA) is 56.7 Å². The normalized spacial score (nSPS) is 18.2. The third kappa shape index (κ3) is 2.41. The van der Waals surface area contributed by atoms with Crippen LogP contribution in [0.2, 0.25) is 0 Å². The van der Waals surface area contributed by atoms with Crippen molar-refractivity contribution in [2.24, 2.45) is 0 Å². The minimum Gasteiger partial charge on any atom is -0.398 e. The number of hydrogen-bond donors (Lipinski definition) is 1. The molecular formula is C15H17FN4S. The van der Waals surface area contributed by atoms with Crippen LogP contribution in [0.5, 0.6) is 0 Å². The Hall–Kier alpha value is -1.56. The molecule has 110 valence electrons. The summed E-state index contributed by atoms with van der Waals surface area (Å²) in [7, 11) is 0. The molecule has 0 amide bonds. The summed E-state index contributed by atoms with van der Waals surface area (Å²) in [4.78, 5) is 0.852. The molecule has 0 unspecified atom stereocenters. The zero-order chi connectivity index (χ0) is 14.6. The van der Waals surface area contributed by atoms with Crippen molar-refractivity contribution in [3.05, 3.63) is 29.3 Å². The SMILES string of the molecule is Cc1cc(Sc2nnc(C3CC3)n2C2CC2)c(N)cc1F. The van der Waals surface area contributed by atoms with Crippen LogP contribution in [0, 0.1) is 12.7 Å². The molecule has 0 radical (unpaired) electrons. The van der Waals surface area contributed by atoms with Gasteiger partial charge < -0.3 is 10.3 Å². The minimum atomic E-state index is -0.265. The fourth-order valence-electron chi connectivity index (χ4n) is 2.51. The molecule has 0 bridgehead atoms. The van der Waals surface area contributed by atoms with Gasteiger partial charge in [-0.2, -0.15) is 0 Å². The van der Waals surface area contributed by atoms with Gasteiger partial charge in [0.05, 0.1) is 0 Å². The van der Waals surface area contributed by atoms with Gasteiger partial charge in [-0.1, -0.05) is 0 Å². The van der Waals surface area contributed by atoms with Crippen molar-refractivity contribution in [3.8, 4) is 0 Å². The third-order valence-electron chi connectivity index (χ3n) is 4.04. The number of nitrogens with two attached hydrogens (primary N) is 1. The van der Waals surface area contributed by atoms with Gasteiger partial charge in [-0.25, -0.2) is 4.39 Å². The Morgan fingerprint density at radius 2 is 2.00 bits per heavy atom. The Labute approximate surface area is 126 Å². The second-order valence-corrected chi connectivity index (χ2v) is 6.97. The van der Waals surface area contributed by atoms with Gasteiger partial charge >= 0.3 is 0 Å². The first-order valence-electron chi connectivity index (χ1n) is 7.31. The van der Waals surface area contributed by atoms with Crippen LogP contribution >= 0.6 is 11.8 Å². The lowest BCUT2D eigenvalue weighted by molar-refractivity contribution is 0.617. The zero-order valence-electron chi connectivity index (χ0n) is 11.8. The number of anilines is 1. The number of rotatable bonds is 4. The average molecular weight is 304 g/mol. The van der Waals surface area contributed by atoms with E-state index < -0.39 is 0 Å². The minimum absolute atomic E-state index is 0.265. The molecule has 2 fully saturated rings. The van der Waals surface area contributed by atoms with Crippen LogP contribution in [0.3, 0.4) is 0 Å². The maximum absolute atomic E-state index is 13.5. The molecule has 4 nitrogen and oxygen atoms in total. The van der Waals surface area contributed by atoms with Crippen molar-refractivity contribution in [1.82, 2.24) is 14.8 Å². The summed E-state index contributed by atoms with van der Waals surface area (Å²) in [6.45, 7) is 1.75. The number of nitrogens with zero attached hydrogens (tertiary/aromatic N) is 3. The van der Waals surface area contributed by atoms with Crippen LogP contribution in [0.25, 0.3) is 0 Å². The number of aryl methyl sites for hydroxylation is 1. The predicted molar refractivity (Wildman–Crippen MR) is 79.9 cm³/mol. The lowest BCUT2D eigenvalue weighted by Crippen LogP contribution is -2.02. The Bertz CT molecular complexity index is 704. The second-order valence-electron chi connectivity index (χ2n) is 5.96. The molecule has 1 aromatic heterocycles. The van der Waals surface area contributed by atoms with Gasteiger partial charge in [-0.05, 0) is 62.1 Å². The highest BCUT2D eigenvalue weighted by atomic mass is 32.2. The molecule has 1 aromatic carbocycles. The van der Waals surface area contributed by atoms with Crippen molar-refractivity contribution in [2.75, 3.05) is 5.73 Å². The lowest BCUT2D eigenvalue weighted by Gasteiger charge is -2.10. The number of halogens is 1. The first-order chi connectivity index (χ1) is 10.1. The number of hydrogen-bond acceptors (Lipinski definition) is 4. The number of nitrogen functional groups attached to an aromatic ring is 1. The van der Waals surface area contributed by atoms with E-state index in [9.17, 15) is 4.39 Å². The van der Waals surface area contributed by atoms with Gasteiger partial charge in [-0.15, -0.1) is 10.2 Å². The molecule has 1 heterocycles. The molecule has 2 aliphatic rings. The Morgan fingerprint density at radius 3 is 2.67 bits per heavy atom. The standard InChI is InChI=1S/C15H17FN4S/c1-8-6-13(12(17)7-11(8)16)21-15-19-18-14(9-2-3-9)20(15)10-4-5-10/h6-7,9-10H,2-5,17H2,1H3. The van der Waals surface area contributed by atoms with Gasteiger partial charge in [0.1, 0.15) is 11.6 Å². The summed E-state index contributed by atoms with van der Waals surface area (Å²) in [5, 5.41) is 9.62. The van der Waals surface area contributed by atoms with E-state index >= 15 is 0 Å². The van der Waals surface area contributed by atoms with Gasteiger partial charge in [0.2, 0.25) is 0 Å². The fraction of sp³-hybridized carbons (Fsp3) is 0.467. The number of benzene rings is 1. The van der Waals surface area contributed by atoms with E-state index in [1.54, 1.807) is 13.0 Å². The molecule has 2 saturated carbocycles. The van der Waals surface area contributed by atoms with Gasteiger partial charge in [-0.3, -0.25) is 0 Å². The van der Waals surface area contributed by atoms with Gasteiger partial charge in [0.25, 0.3) is 0 Å². The van der Waals surface area contributed by atoms with Crippen LogP contribution in [0.4, 0.5) is 10.1 Å². The maximum Gasteiger partial charge on any atom is 0.196 e. The van der Waals surface area contributed by atoms with E-state index in [1.807, 2.05) is 0 Å². The highest BCUT2D eigenvalue weighted by Gasteiger charge is 2.36. The average Bonchev–Trinajstić information content (AvgIpc) is 3.35. The van der Waals surface area contributed by atoms with Crippen molar-refractivity contribution in [3.63, 3.8) is 0 Å². The molecule has 2 aliphatic carbocycles. The quantitative estimate of drug-likeness (QED) is 0.876. The lowest BCUT2D eigenvalue weighted by atomic mass is 10.2. The summed E-state index contributed by atoms with van der Waals surface area (Å²) in [6, 6.07) is 3.72. The van der Waals surface area contributed by atoms with Crippen LogP contribution < -0.4 is 5.73 Å². The Kier molecular flexibility index (Phi) is 2.96. The Balaban J connectivity index is 1.70. The number of aromatic nitrogens is 3. The molecule has 21 heavy (non-hydrogen) atoms. The van der Waals surface area contributed by atoms with Crippen LogP contribution in [-0.2, 0) is 0 Å². The van der Waals surface area contributed by atoms with Crippen molar-refractivity contribution in [2.45, 2.75) is 54.6 Å². The van der Waals surface area contributed by atoms with E-state index in [0.29, 0.717) is 23.2 Å². The summed E-state index contributed by atoms with van der Waals surface area (Å²) in [5.41, 5.74) is 7.00. The Morgan fingerprint density at radius 1 is 1.24 bits per heavy atom. The molecule has 4 rings (SSSR count). The highest BCUT2D eigenvalue weighted by Crippen LogP contribution is 2.47. The second kappa shape index (κ2) is 4.73. The highest BCUT2D eigenvalue weighted by molar-refractivity contribution is 7.99. The zero-order valence-corrected chi connectivity index (χ0v) is 12.7. The van der Waals surface area contributed by atoms with E-state index in [1.165, 1.54) is 43.5 Å². The van der Waals surface area contributed by atoms with Crippen molar-refractivity contribution < 1.29 is 4.39 Å². The van der Waals surface area contributed by atoms with Crippen molar-refractivity contribution >= 4 is 17.4 Å². The molecular weight excluding hydrogens is 287 g/mol. The summed E-state index contributed by atoms with van der Waals surface area (Å²) >= 11 is 1.50. The summed E-state index contributed by atoms with van der Waals surface area (Å²) in [6.07, 6.45) is 4.83. The van der Waals surface area contributed by atoms with E-state index in [2.05, 4.69) is 14.8 Å². The van der Waals surface area contributed by atoms with Gasteiger partial charge in [0.15, 0.2) is 5.16 Å². The maximum atomic E-state index is 13.5. The molecule has 0 aliphatic heterocycles. The molecule has 6 heteroatoms. The molecule has 0 atom stereocenters. The molecule has 0 saturated heterocycles. The van der Waals surface area contributed by atoms with Crippen LogP contribution in [0.1, 0.15) is 49.0 Å². The van der Waals surface area contributed by atoms with Crippen LogP contribution in [-0.4, -0.2) is 14.8 Å². The molecule has 2 aromatic rings. The fourth-order valence-corrected chi connectivity index (χ4v) is 3.54. The summed E-state index contributed by atoms with van der Waals surface area (Å²) in [5.74, 6) is 1.44. The largest absolute Gasteiger partial charge is 0.398 e. The third-order valence-corrected chi connectivity index (χ3v) is 5.07. The van der Waals surface area contributed by atoms with Crippen LogP contribution in [0.15, 0.2) is 22.2 Å². The molecule has 0 spiro atoms. The van der Waals surface area contributed by atoms with E-state index in [-0.39, 0.29) is 5.82 Å². The van der Waals surface area contributed by atoms with Gasteiger partial charge in [0, 0.05) is 22.5 Å². The van der Waals surface area contributed by atoms with Crippen molar-refractivity contribution in [1.29, 1.82) is 0 Å². The predicted octanol–water partition coefficient (Wildman–Crippen LogP) is 3.67.